The van der Waals surface area contributed by atoms with Gasteiger partial charge in [0.15, 0.2) is 5.79 Å². The lowest BCUT2D eigenvalue weighted by Gasteiger charge is -2.16. The summed E-state index contributed by atoms with van der Waals surface area (Å²) in [6.07, 6.45) is 1.63. The summed E-state index contributed by atoms with van der Waals surface area (Å²) in [5, 5.41) is 9.05. The van der Waals surface area contributed by atoms with Gasteiger partial charge in [-0.3, -0.25) is 0 Å². The molecule has 1 aliphatic rings. The molecule has 76 valence electrons. The van der Waals surface area contributed by atoms with Crippen molar-refractivity contribution >= 4 is 0 Å². The Morgan fingerprint density at radius 3 is 2.46 bits per heavy atom. The highest BCUT2D eigenvalue weighted by Gasteiger charge is 2.39. The highest BCUT2D eigenvalue weighted by Crippen LogP contribution is 2.28. The molecule has 0 aliphatic carbocycles. The van der Waals surface area contributed by atoms with E-state index < -0.39 is 5.79 Å². The Bertz CT molecular complexity index is 204. The van der Waals surface area contributed by atoms with Crippen molar-refractivity contribution in [3.8, 4) is 0 Å². The standard InChI is InChI=1S/C10H18O3/c1-7(2)5-8-9(6-11)13-10(3,4)12-8/h5,8-9,11H,6H2,1-4H3/t8?,9-/m1/s1. The van der Waals surface area contributed by atoms with E-state index in [1.165, 1.54) is 5.57 Å². The first-order valence-corrected chi connectivity index (χ1v) is 4.56. The number of hydrogen-bond acceptors (Lipinski definition) is 3. The van der Waals surface area contributed by atoms with Crippen LogP contribution in [-0.4, -0.2) is 29.7 Å². The number of allylic oxidation sites excluding steroid dienone is 1. The smallest absolute Gasteiger partial charge is 0.164 e. The van der Waals surface area contributed by atoms with Crippen LogP contribution in [0.15, 0.2) is 11.6 Å². The van der Waals surface area contributed by atoms with E-state index in [2.05, 4.69) is 0 Å². The molecular weight excluding hydrogens is 168 g/mol. The highest BCUT2D eigenvalue weighted by molar-refractivity contribution is 5.03. The van der Waals surface area contributed by atoms with Crippen molar-refractivity contribution in [2.45, 2.75) is 45.7 Å². The SMILES string of the molecule is CC(C)=CC1OC(C)(C)O[C@@H]1CO. The molecule has 1 rings (SSSR count). The molecule has 0 bridgehead atoms. The summed E-state index contributed by atoms with van der Waals surface area (Å²) >= 11 is 0. The van der Waals surface area contributed by atoms with Crippen LogP contribution in [0.3, 0.4) is 0 Å². The Morgan fingerprint density at radius 2 is 2.00 bits per heavy atom. The lowest BCUT2D eigenvalue weighted by Crippen LogP contribution is -2.24. The number of aliphatic hydroxyl groups excluding tert-OH is 1. The molecule has 1 fully saturated rings. The van der Waals surface area contributed by atoms with Gasteiger partial charge >= 0.3 is 0 Å². The molecule has 0 amide bonds. The first-order chi connectivity index (χ1) is 5.94. The maximum atomic E-state index is 9.05. The van der Waals surface area contributed by atoms with Gasteiger partial charge in [0.2, 0.25) is 0 Å². The molecule has 0 saturated carbocycles. The van der Waals surface area contributed by atoms with Gasteiger partial charge in [-0.25, -0.2) is 0 Å². The average molecular weight is 186 g/mol. The normalized spacial score (nSPS) is 31.8. The van der Waals surface area contributed by atoms with Crippen molar-refractivity contribution in [3.05, 3.63) is 11.6 Å². The van der Waals surface area contributed by atoms with Crippen LogP contribution in [0.2, 0.25) is 0 Å². The van der Waals surface area contributed by atoms with Crippen LogP contribution in [0, 0.1) is 0 Å². The van der Waals surface area contributed by atoms with Crippen LogP contribution in [0.25, 0.3) is 0 Å². The zero-order valence-corrected chi connectivity index (χ0v) is 8.70. The van der Waals surface area contributed by atoms with E-state index in [9.17, 15) is 0 Å². The van der Waals surface area contributed by atoms with Crippen molar-refractivity contribution in [1.82, 2.24) is 0 Å². The second-order valence-electron chi connectivity index (χ2n) is 4.07. The van der Waals surface area contributed by atoms with Gasteiger partial charge in [-0.2, -0.15) is 0 Å². The van der Waals surface area contributed by atoms with Gasteiger partial charge in [0.1, 0.15) is 12.2 Å². The molecule has 1 heterocycles. The van der Waals surface area contributed by atoms with Crippen LogP contribution in [0.1, 0.15) is 27.7 Å². The van der Waals surface area contributed by atoms with E-state index >= 15 is 0 Å². The molecule has 1 N–H and O–H groups in total. The zero-order chi connectivity index (χ0) is 10.1. The third-order valence-electron chi connectivity index (χ3n) is 1.90. The Morgan fingerprint density at radius 1 is 1.38 bits per heavy atom. The molecule has 13 heavy (non-hydrogen) atoms. The van der Waals surface area contributed by atoms with E-state index in [0.717, 1.165) is 0 Å². The van der Waals surface area contributed by atoms with Gasteiger partial charge < -0.3 is 14.6 Å². The van der Waals surface area contributed by atoms with Gasteiger partial charge in [-0.05, 0) is 27.7 Å². The summed E-state index contributed by atoms with van der Waals surface area (Å²) in [7, 11) is 0. The van der Waals surface area contributed by atoms with Crippen molar-refractivity contribution in [2.75, 3.05) is 6.61 Å². The summed E-state index contributed by atoms with van der Waals surface area (Å²) in [5.41, 5.74) is 1.17. The molecule has 2 atom stereocenters. The molecule has 3 heteroatoms. The lowest BCUT2D eigenvalue weighted by molar-refractivity contribution is -0.146. The number of hydrogen-bond donors (Lipinski definition) is 1. The fourth-order valence-electron chi connectivity index (χ4n) is 1.47. The maximum absolute atomic E-state index is 9.05. The number of rotatable bonds is 2. The van der Waals surface area contributed by atoms with Gasteiger partial charge in [-0.1, -0.05) is 11.6 Å². The Kier molecular flexibility index (Phi) is 3.11. The highest BCUT2D eigenvalue weighted by atomic mass is 16.8. The number of ether oxygens (including phenoxy) is 2. The quantitative estimate of drug-likeness (QED) is 0.664. The summed E-state index contributed by atoms with van der Waals surface area (Å²) < 4.78 is 11.1. The van der Waals surface area contributed by atoms with Crippen molar-refractivity contribution in [2.24, 2.45) is 0 Å². The van der Waals surface area contributed by atoms with Crippen LogP contribution < -0.4 is 0 Å². The predicted molar refractivity (Wildman–Crippen MR) is 50.3 cm³/mol. The second-order valence-corrected chi connectivity index (χ2v) is 4.07. The third kappa shape index (κ3) is 2.79. The number of aliphatic hydroxyl groups is 1. The molecule has 0 aromatic heterocycles. The topological polar surface area (TPSA) is 38.7 Å². The summed E-state index contributed by atoms with van der Waals surface area (Å²) in [6, 6.07) is 0. The fraction of sp³-hybridized carbons (Fsp3) is 0.800. The molecule has 0 aromatic rings. The van der Waals surface area contributed by atoms with Gasteiger partial charge in [-0.15, -0.1) is 0 Å². The molecule has 1 unspecified atom stereocenters. The summed E-state index contributed by atoms with van der Waals surface area (Å²) in [5.74, 6) is -0.579. The predicted octanol–water partition coefficient (Wildman–Crippen LogP) is 1.47. The Labute approximate surface area is 79.3 Å². The molecule has 0 radical (unpaired) electrons. The van der Waals surface area contributed by atoms with Crippen molar-refractivity contribution < 1.29 is 14.6 Å². The van der Waals surface area contributed by atoms with E-state index in [0.29, 0.717) is 0 Å². The van der Waals surface area contributed by atoms with E-state index in [-0.39, 0.29) is 18.8 Å². The van der Waals surface area contributed by atoms with Crippen molar-refractivity contribution in [1.29, 1.82) is 0 Å². The van der Waals surface area contributed by atoms with Crippen LogP contribution >= 0.6 is 0 Å². The van der Waals surface area contributed by atoms with Crippen LogP contribution in [0.4, 0.5) is 0 Å². The molecular formula is C10H18O3. The molecule has 0 aromatic carbocycles. The molecule has 1 aliphatic heterocycles. The summed E-state index contributed by atoms with van der Waals surface area (Å²) in [6.45, 7) is 7.72. The zero-order valence-electron chi connectivity index (χ0n) is 8.70. The van der Waals surface area contributed by atoms with Crippen molar-refractivity contribution in [3.63, 3.8) is 0 Å². The van der Waals surface area contributed by atoms with Gasteiger partial charge in [0, 0.05) is 0 Å². The minimum absolute atomic E-state index is 0.00211. The maximum Gasteiger partial charge on any atom is 0.164 e. The lowest BCUT2D eigenvalue weighted by atomic mass is 10.1. The molecule has 1 saturated heterocycles. The summed E-state index contributed by atoms with van der Waals surface area (Å²) in [4.78, 5) is 0. The van der Waals surface area contributed by atoms with E-state index in [1.807, 2.05) is 33.8 Å². The van der Waals surface area contributed by atoms with E-state index in [4.69, 9.17) is 14.6 Å². The Balaban J connectivity index is 2.69. The molecule has 3 nitrogen and oxygen atoms in total. The largest absolute Gasteiger partial charge is 0.394 e. The fourth-order valence-corrected chi connectivity index (χ4v) is 1.47. The average Bonchev–Trinajstić information content (AvgIpc) is 2.24. The van der Waals surface area contributed by atoms with Crippen LogP contribution in [-0.2, 0) is 9.47 Å². The Hall–Kier alpha value is -0.380. The van der Waals surface area contributed by atoms with Gasteiger partial charge in [0.25, 0.3) is 0 Å². The van der Waals surface area contributed by atoms with Gasteiger partial charge in [0.05, 0.1) is 6.61 Å². The monoisotopic (exact) mass is 186 g/mol. The minimum atomic E-state index is -0.579. The second kappa shape index (κ2) is 3.78. The van der Waals surface area contributed by atoms with Crippen LogP contribution in [0.5, 0.6) is 0 Å². The third-order valence-corrected chi connectivity index (χ3v) is 1.90. The van der Waals surface area contributed by atoms with E-state index in [1.54, 1.807) is 0 Å². The first-order valence-electron chi connectivity index (χ1n) is 4.56. The molecule has 0 spiro atoms. The first kappa shape index (κ1) is 10.7. The minimum Gasteiger partial charge on any atom is -0.394 e.